The number of hydrogen-bond acceptors (Lipinski definition) is 6. The fourth-order valence-electron chi connectivity index (χ4n) is 2.16. The van der Waals surface area contributed by atoms with Gasteiger partial charge in [0.15, 0.2) is 0 Å². The van der Waals surface area contributed by atoms with Crippen LogP contribution in [0.4, 0.5) is 0 Å². The third-order valence-electron chi connectivity index (χ3n) is 3.29. The predicted molar refractivity (Wildman–Crippen MR) is 96.5 cm³/mol. The summed E-state index contributed by atoms with van der Waals surface area (Å²) in [6.07, 6.45) is 0. The lowest BCUT2D eigenvalue weighted by Gasteiger charge is -2.26. The van der Waals surface area contributed by atoms with E-state index in [1.807, 2.05) is 11.3 Å². The molecule has 0 amide bonds. The Morgan fingerprint density at radius 2 is 2.00 bits per heavy atom. The average molecular weight is 347 g/mol. The van der Waals surface area contributed by atoms with Crippen LogP contribution in [0, 0.1) is 0 Å². The standard InChI is InChI=1S/C15H26N2OS3/c1-10-13(20-7-6-19-10)14-17-11(9-18-5)12(21-14)8-16-15(2,3)4/h10,13,16H,6-9H2,1-5H3. The van der Waals surface area contributed by atoms with Gasteiger partial charge in [0.05, 0.1) is 17.6 Å². The fourth-order valence-corrected chi connectivity index (χ4v) is 6.33. The number of rotatable bonds is 5. The molecule has 1 saturated heterocycles. The van der Waals surface area contributed by atoms with Crippen molar-refractivity contribution in [1.29, 1.82) is 0 Å². The van der Waals surface area contributed by atoms with E-state index in [-0.39, 0.29) is 5.54 Å². The molecule has 0 spiro atoms. The van der Waals surface area contributed by atoms with E-state index in [1.54, 1.807) is 7.11 Å². The lowest BCUT2D eigenvalue weighted by molar-refractivity contribution is 0.181. The Hall–Kier alpha value is 0.250. The Morgan fingerprint density at radius 1 is 1.29 bits per heavy atom. The summed E-state index contributed by atoms with van der Waals surface area (Å²) in [5.74, 6) is 2.49. The summed E-state index contributed by atoms with van der Waals surface area (Å²) < 4.78 is 5.33. The predicted octanol–water partition coefficient (Wildman–Crippen LogP) is 4.09. The smallest absolute Gasteiger partial charge is 0.107 e. The first kappa shape index (κ1) is 17.6. The summed E-state index contributed by atoms with van der Waals surface area (Å²) in [4.78, 5) is 6.22. The molecule has 0 radical (unpaired) electrons. The molecule has 1 aliphatic rings. The number of hydrogen-bond donors (Lipinski definition) is 1. The van der Waals surface area contributed by atoms with Crippen LogP contribution in [0.15, 0.2) is 0 Å². The van der Waals surface area contributed by atoms with Crippen LogP contribution in [0.1, 0.15) is 48.5 Å². The lowest BCUT2D eigenvalue weighted by atomic mass is 10.1. The molecule has 0 bridgehead atoms. The number of thiazole rings is 1. The van der Waals surface area contributed by atoms with Crippen LogP contribution >= 0.6 is 34.9 Å². The zero-order valence-corrected chi connectivity index (χ0v) is 16.0. The van der Waals surface area contributed by atoms with Crippen LogP contribution < -0.4 is 5.32 Å². The third-order valence-corrected chi connectivity index (χ3v) is 7.72. The van der Waals surface area contributed by atoms with Crippen LogP contribution in [0.3, 0.4) is 0 Å². The summed E-state index contributed by atoms with van der Waals surface area (Å²) in [6, 6.07) is 0. The molecular formula is C15H26N2OS3. The third kappa shape index (κ3) is 5.13. The SMILES string of the molecule is COCc1nc(C2SCCSC2C)sc1CNC(C)(C)C. The van der Waals surface area contributed by atoms with Gasteiger partial charge in [0.1, 0.15) is 5.01 Å². The fraction of sp³-hybridized carbons (Fsp3) is 0.800. The summed E-state index contributed by atoms with van der Waals surface area (Å²) in [7, 11) is 1.74. The summed E-state index contributed by atoms with van der Waals surface area (Å²) in [5, 5.41) is 6.02. The highest BCUT2D eigenvalue weighted by Gasteiger charge is 2.28. The van der Waals surface area contributed by atoms with E-state index in [9.17, 15) is 0 Å². The summed E-state index contributed by atoms with van der Waals surface area (Å²) in [6.45, 7) is 10.4. The molecule has 1 aromatic heterocycles. The van der Waals surface area contributed by atoms with E-state index in [0.717, 1.165) is 12.2 Å². The Kier molecular flexibility index (Phi) is 6.44. The summed E-state index contributed by atoms with van der Waals surface area (Å²) >= 11 is 5.98. The molecule has 1 N–H and O–H groups in total. The molecule has 2 atom stereocenters. The van der Waals surface area contributed by atoms with Crippen molar-refractivity contribution in [3.05, 3.63) is 15.6 Å². The largest absolute Gasteiger partial charge is 0.378 e. The Bertz CT molecular complexity index is 456. The topological polar surface area (TPSA) is 34.1 Å². The van der Waals surface area contributed by atoms with Crippen LogP contribution in [0.25, 0.3) is 0 Å². The molecule has 0 aliphatic carbocycles. The van der Waals surface area contributed by atoms with E-state index in [1.165, 1.54) is 21.4 Å². The van der Waals surface area contributed by atoms with E-state index in [2.05, 4.69) is 56.5 Å². The minimum Gasteiger partial charge on any atom is -0.378 e. The number of aromatic nitrogens is 1. The summed E-state index contributed by atoms with van der Waals surface area (Å²) in [5.41, 5.74) is 1.23. The van der Waals surface area contributed by atoms with Crippen molar-refractivity contribution in [3.8, 4) is 0 Å². The first-order chi connectivity index (χ1) is 9.90. The van der Waals surface area contributed by atoms with Gasteiger partial charge in [0.25, 0.3) is 0 Å². The normalized spacial score (nSPS) is 23.5. The zero-order chi connectivity index (χ0) is 15.5. The highest BCUT2D eigenvalue weighted by atomic mass is 32.2. The minimum absolute atomic E-state index is 0.122. The first-order valence-electron chi connectivity index (χ1n) is 7.36. The van der Waals surface area contributed by atoms with Gasteiger partial charge < -0.3 is 10.1 Å². The van der Waals surface area contributed by atoms with E-state index < -0.39 is 0 Å². The molecule has 0 saturated carbocycles. The monoisotopic (exact) mass is 346 g/mol. The molecular weight excluding hydrogens is 320 g/mol. The molecule has 120 valence electrons. The van der Waals surface area contributed by atoms with Gasteiger partial charge in [-0.25, -0.2) is 4.98 Å². The molecule has 6 heteroatoms. The number of nitrogens with one attached hydrogen (secondary N) is 1. The van der Waals surface area contributed by atoms with Crippen LogP contribution in [-0.4, -0.2) is 34.4 Å². The van der Waals surface area contributed by atoms with Gasteiger partial charge >= 0.3 is 0 Å². The quantitative estimate of drug-likeness (QED) is 0.868. The van der Waals surface area contributed by atoms with Crippen molar-refractivity contribution in [2.75, 3.05) is 18.6 Å². The number of ether oxygens (including phenoxy) is 1. The van der Waals surface area contributed by atoms with Crippen molar-refractivity contribution in [2.24, 2.45) is 0 Å². The van der Waals surface area contributed by atoms with Crippen LogP contribution in [0.5, 0.6) is 0 Å². The van der Waals surface area contributed by atoms with Gasteiger partial charge in [-0.1, -0.05) is 6.92 Å². The molecule has 2 heterocycles. The van der Waals surface area contributed by atoms with E-state index in [0.29, 0.717) is 17.1 Å². The molecule has 2 unspecified atom stereocenters. The van der Waals surface area contributed by atoms with Crippen LogP contribution in [0.2, 0.25) is 0 Å². The molecule has 1 fully saturated rings. The number of nitrogens with zero attached hydrogens (tertiary/aromatic N) is 1. The molecule has 2 rings (SSSR count). The number of thioether (sulfide) groups is 2. The number of methoxy groups -OCH3 is 1. The first-order valence-corrected chi connectivity index (χ1v) is 10.3. The highest BCUT2D eigenvalue weighted by molar-refractivity contribution is 8.06. The molecule has 0 aromatic carbocycles. The Morgan fingerprint density at radius 3 is 2.62 bits per heavy atom. The van der Waals surface area contributed by atoms with Crippen molar-refractivity contribution >= 4 is 34.9 Å². The van der Waals surface area contributed by atoms with Crippen molar-refractivity contribution in [3.63, 3.8) is 0 Å². The molecule has 3 nitrogen and oxygen atoms in total. The highest BCUT2D eigenvalue weighted by Crippen LogP contribution is 2.44. The lowest BCUT2D eigenvalue weighted by Crippen LogP contribution is -2.35. The maximum absolute atomic E-state index is 5.33. The minimum atomic E-state index is 0.122. The van der Waals surface area contributed by atoms with Crippen molar-refractivity contribution in [1.82, 2.24) is 10.3 Å². The van der Waals surface area contributed by atoms with Crippen molar-refractivity contribution in [2.45, 2.75) is 56.9 Å². The van der Waals surface area contributed by atoms with Gasteiger partial charge in [-0.2, -0.15) is 11.8 Å². The second-order valence-electron chi connectivity index (χ2n) is 6.33. The second-order valence-corrected chi connectivity index (χ2v) is 10.2. The maximum atomic E-state index is 5.33. The molecule has 21 heavy (non-hydrogen) atoms. The van der Waals surface area contributed by atoms with Gasteiger partial charge in [0, 0.05) is 40.8 Å². The van der Waals surface area contributed by atoms with Crippen molar-refractivity contribution < 1.29 is 4.74 Å². The van der Waals surface area contributed by atoms with Gasteiger partial charge in [0.2, 0.25) is 0 Å². The Labute approximate surface area is 141 Å². The average Bonchev–Trinajstić information content (AvgIpc) is 2.80. The van der Waals surface area contributed by atoms with Crippen LogP contribution in [-0.2, 0) is 17.9 Å². The Balaban J connectivity index is 2.15. The van der Waals surface area contributed by atoms with Gasteiger partial charge in [-0.15, -0.1) is 23.1 Å². The second kappa shape index (κ2) is 7.68. The van der Waals surface area contributed by atoms with Gasteiger partial charge in [-0.05, 0) is 20.8 Å². The zero-order valence-electron chi connectivity index (χ0n) is 13.6. The van der Waals surface area contributed by atoms with E-state index in [4.69, 9.17) is 9.72 Å². The van der Waals surface area contributed by atoms with Gasteiger partial charge in [-0.3, -0.25) is 0 Å². The molecule has 1 aromatic rings. The maximum Gasteiger partial charge on any atom is 0.107 e. The molecule has 1 aliphatic heterocycles. The van der Waals surface area contributed by atoms with E-state index >= 15 is 0 Å².